The van der Waals surface area contributed by atoms with Crippen LogP contribution in [-0.4, -0.2) is 47.5 Å². The van der Waals surface area contributed by atoms with Gasteiger partial charge in [-0.25, -0.2) is 8.78 Å². The van der Waals surface area contributed by atoms with Crippen molar-refractivity contribution in [3.8, 4) is 6.07 Å². The summed E-state index contributed by atoms with van der Waals surface area (Å²) in [6.07, 6.45) is 4.56. The number of halogens is 4. The zero-order chi connectivity index (χ0) is 29.1. The van der Waals surface area contributed by atoms with Crippen molar-refractivity contribution in [3.63, 3.8) is 0 Å². The van der Waals surface area contributed by atoms with Gasteiger partial charge < -0.3 is 20.8 Å². The minimum Gasteiger partial charge on any atom is -0.394 e. The first-order valence-corrected chi connectivity index (χ1v) is 14.5. The lowest BCUT2D eigenvalue weighted by Gasteiger charge is -2.41. The molecule has 0 bridgehead atoms. The van der Waals surface area contributed by atoms with Crippen molar-refractivity contribution in [3.05, 3.63) is 69.2 Å². The minimum absolute atomic E-state index is 0.0303. The van der Waals surface area contributed by atoms with Crippen LogP contribution in [-0.2, 0) is 10.2 Å². The molecule has 2 aliphatic rings. The summed E-state index contributed by atoms with van der Waals surface area (Å²) in [6.45, 7) is 1.73. The fourth-order valence-corrected chi connectivity index (χ4v) is 6.95. The Balaban J connectivity index is 1.88. The minimum atomic E-state index is -1.69. The molecule has 40 heavy (non-hydrogen) atoms. The van der Waals surface area contributed by atoms with Gasteiger partial charge in [-0.05, 0) is 54.9 Å². The van der Waals surface area contributed by atoms with Crippen molar-refractivity contribution < 1.29 is 23.8 Å². The lowest BCUT2D eigenvalue weighted by atomic mass is 9.61. The van der Waals surface area contributed by atoms with E-state index in [4.69, 9.17) is 28.3 Å². The van der Waals surface area contributed by atoms with E-state index < -0.39 is 53.7 Å². The van der Waals surface area contributed by atoms with Crippen molar-refractivity contribution >= 4 is 29.1 Å². The first-order chi connectivity index (χ1) is 19.1. The van der Waals surface area contributed by atoms with Crippen molar-refractivity contribution in [2.45, 2.75) is 81.4 Å². The van der Waals surface area contributed by atoms with Gasteiger partial charge >= 0.3 is 0 Å². The van der Waals surface area contributed by atoms with Crippen LogP contribution < -0.4 is 10.6 Å². The Labute approximate surface area is 243 Å². The second-order valence-electron chi connectivity index (χ2n) is 11.4. The Morgan fingerprint density at radius 3 is 2.60 bits per heavy atom. The first-order valence-electron chi connectivity index (χ1n) is 13.7. The molecule has 1 saturated heterocycles. The number of nitrogens with zero attached hydrogens (tertiary/aromatic N) is 1. The summed E-state index contributed by atoms with van der Waals surface area (Å²) in [6, 6.07) is 9.02. The number of carbonyl (C=O) groups excluding carboxylic acids is 1. The molecule has 2 fully saturated rings. The van der Waals surface area contributed by atoms with E-state index in [9.17, 15) is 15.2 Å². The topological polar surface area (TPSA) is 105 Å². The smallest absolute Gasteiger partial charge is 0.237 e. The van der Waals surface area contributed by atoms with E-state index in [1.165, 1.54) is 24.3 Å². The SMILES string of the molecule is CC1(C[C@@H]2N[C@@H](C(=O)NCC[C@H](O)CO)[C@H](c3cccc(Cl)c3F)[C@@]2(C#N)c2ccc(Cl)cc2F)CCCCC1. The fraction of sp³-hybridized carbons (Fsp3) is 0.533. The second-order valence-corrected chi connectivity index (χ2v) is 12.3. The van der Waals surface area contributed by atoms with Gasteiger partial charge in [-0.15, -0.1) is 0 Å². The maximum Gasteiger partial charge on any atom is 0.237 e. The van der Waals surface area contributed by atoms with Crippen LogP contribution in [0.5, 0.6) is 0 Å². The van der Waals surface area contributed by atoms with Gasteiger partial charge in [0, 0.05) is 29.1 Å². The fourth-order valence-electron chi connectivity index (χ4n) is 6.61. The van der Waals surface area contributed by atoms with E-state index >= 15 is 8.78 Å². The van der Waals surface area contributed by atoms with Crippen molar-refractivity contribution in [2.24, 2.45) is 5.41 Å². The van der Waals surface area contributed by atoms with Gasteiger partial charge in [-0.3, -0.25) is 4.79 Å². The lowest BCUT2D eigenvalue weighted by Crippen LogP contribution is -2.47. The third-order valence-corrected chi connectivity index (χ3v) is 9.19. The molecule has 10 heteroatoms. The lowest BCUT2D eigenvalue weighted by molar-refractivity contribution is -0.123. The van der Waals surface area contributed by atoms with Crippen LogP contribution in [0.2, 0.25) is 10.0 Å². The molecule has 0 unspecified atom stereocenters. The standard InChI is InChI=1S/C30H35Cl2F2N3O3/c1-29(11-3-2-4-12-29)15-24-30(17-35,21-9-8-18(31)14-23(21)33)25(20-6-5-7-22(32)26(20)34)27(37-24)28(40)36-13-10-19(39)16-38/h5-9,14,19,24-25,27,37-39H,2-4,10-13,15-16H2,1H3,(H,36,40)/t19-,24-,25-,27+,30-/m0/s1. The predicted octanol–water partition coefficient (Wildman–Crippen LogP) is 5.38. The van der Waals surface area contributed by atoms with Crippen LogP contribution in [0.3, 0.4) is 0 Å². The molecular weight excluding hydrogens is 559 g/mol. The molecule has 0 radical (unpaired) electrons. The molecule has 1 saturated carbocycles. The number of carbonyl (C=O) groups is 1. The monoisotopic (exact) mass is 593 g/mol. The number of hydrogen-bond acceptors (Lipinski definition) is 5. The summed E-state index contributed by atoms with van der Waals surface area (Å²) in [5, 5.41) is 35.9. The molecule has 4 N–H and O–H groups in total. The number of rotatable bonds is 9. The van der Waals surface area contributed by atoms with E-state index in [1.54, 1.807) is 6.07 Å². The summed E-state index contributed by atoms with van der Waals surface area (Å²) in [7, 11) is 0. The zero-order valence-corrected chi connectivity index (χ0v) is 23.9. The quantitative estimate of drug-likeness (QED) is 0.312. The third kappa shape index (κ3) is 6.00. The van der Waals surface area contributed by atoms with Crippen LogP contribution >= 0.6 is 23.2 Å². The third-order valence-electron chi connectivity index (χ3n) is 8.66. The number of aliphatic hydroxyl groups is 2. The summed E-state index contributed by atoms with van der Waals surface area (Å²) in [5.41, 5.74) is -1.79. The van der Waals surface area contributed by atoms with E-state index in [0.29, 0.717) is 6.42 Å². The Bertz CT molecular complexity index is 1270. The number of nitriles is 1. The first kappa shape index (κ1) is 30.7. The molecule has 0 aromatic heterocycles. The number of amides is 1. The summed E-state index contributed by atoms with van der Waals surface area (Å²) >= 11 is 12.3. The van der Waals surface area contributed by atoms with E-state index in [-0.39, 0.29) is 39.6 Å². The highest BCUT2D eigenvalue weighted by molar-refractivity contribution is 6.31. The van der Waals surface area contributed by atoms with Crippen LogP contribution in [0.1, 0.15) is 68.9 Å². The van der Waals surface area contributed by atoms with Crippen LogP contribution in [0.4, 0.5) is 8.78 Å². The molecule has 2 aromatic rings. The molecule has 0 spiro atoms. The Kier molecular flexibility index (Phi) is 9.74. The Morgan fingerprint density at radius 2 is 1.95 bits per heavy atom. The summed E-state index contributed by atoms with van der Waals surface area (Å²) < 4.78 is 31.5. The summed E-state index contributed by atoms with van der Waals surface area (Å²) in [5.74, 6) is -3.16. The maximum atomic E-state index is 15.8. The molecule has 1 heterocycles. The van der Waals surface area contributed by atoms with Crippen molar-refractivity contribution in [2.75, 3.05) is 13.2 Å². The normalized spacial score (nSPS) is 26.7. The van der Waals surface area contributed by atoms with Crippen molar-refractivity contribution in [1.82, 2.24) is 10.6 Å². The number of hydrogen-bond donors (Lipinski definition) is 4. The molecule has 5 atom stereocenters. The molecule has 1 aliphatic carbocycles. The van der Waals surface area contributed by atoms with Gasteiger partial charge in [0.05, 0.1) is 29.8 Å². The van der Waals surface area contributed by atoms with Gasteiger partial charge in [0.2, 0.25) is 5.91 Å². The van der Waals surface area contributed by atoms with Gasteiger partial charge in [-0.2, -0.15) is 5.26 Å². The van der Waals surface area contributed by atoms with Crippen LogP contribution in [0, 0.1) is 28.4 Å². The molecule has 216 valence electrons. The van der Waals surface area contributed by atoms with Gasteiger partial charge in [0.25, 0.3) is 0 Å². The summed E-state index contributed by atoms with van der Waals surface area (Å²) in [4.78, 5) is 13.7. The molecule has 6 nitrogen and oxygen atoms in total. The predicted molar refractivity (Wildman–Crippen MR) is 150 cm³/mol. The number of benzene rings is 2. The molecule has 1 aliphatic heterocycles. The van der Waals surface area contributed by atoms with Crippen LogP contribution in [0.25, 0.3) is 0 Å². The second kappa shape index (κ2) is 12.7. The van der Waals surface area contributed by atoms with Gasteiger partial charge in [0.1, 0.15) is 17.0 Å². The average molecular weight is 595 g/mol. The Morgan fingerprint density at radius 1 is 1.23 bits per heavy atom. The zero-order valence-electron chi connectivity index (χ0n) is 22.4. The number of nitrogens with one attached hydrogen (secondary N) is 2. The van der Waals surface area contributed by atoms with Crippen LogP contribution in [0.15, 0.2) is 36.4 Å². The van der Waals surface area contributed by atoms with E-state index in [2.05, 4.69) is 23.6 Å². The van der Waals surface area contributed by atoms with Gasteiger partial charge in [0.15, 0.2) is 0 Å². The number of aliphatic hydroxyl groups excluding tert-OH is 2. The largest absolute Gasteiger partial charge is 0.394 e. The maximum absolute atomic E-state index is 15.8. The van der Waals surface area contributed by atoms with E-state index in [0.717, 1.165) is 38.2 Å². The highest BCUT2D eigenvalue weighted by atomic mass is 35.5. The average Bonchev–Trinajstić information content (AvgIpc) is 3.24. The molecule has 4 rings (SSSR count). The van der Waals surface area contributed by atoms with E-state index in [1.807, 2.05) is 0 Å². The van der Waals surface area contributed by atoms with Gasteiger partial charge in [-0.1, -0.05) is 67.6 Å². The molecule has 1 amide bonds. The highest BCUT2D eigenvalue weighted by Crippen LogP contribution is 2.54. The van der Waals surface area contributed by atoms with Crippen molar-refractivity contribution in [1.29, 1.82) is 5.26 Å². The molecule has 2 aromatic carbocycles. The highest BCUT2D eigenvalue weighted by Gasteiger charge is 2.61. The Hall–Kier alpha value is -2.28. The molecular formula is C30H35Cl2F2N3O3.